The second-order valence-corrected chi connectivity index (χ2v) is 7.27. The quantitative estimate of drug-likeness (QED) is 0.826. The molecule has 3 atom stereocenters. The molecule has 2 heteroatoms. The molecule has 106 valence electrons. The van der Waals surface area contributed by atoms with Crippen molar-refractivity contribution in [2.45, 2.75) is 71.9 Å². The average Bonchev–Trinajstić information content (AvgIpc) is 2.62. The molecule has 0 radical (unpaired) electrons. The zero-order valence-corrected chi connectivity index (χ0v) is 12.8. The second-order valence-electron chi connectivity index (χ2n) is 7.27. The van der Waals surface area contributed by atoms with Gasteiger partial charge in [-0.25, -0.2) is 0 Å². The van der Waals surface area contributed by atoms with Gasteiger partial charge in [0.2, 0.25) is 0 Å². The van der Waals surface area contributed by atoms with E-state index in [4.69, 9.17) is 0 Å². The van der Waals surface area contributed by atoms with E-state index in [1.807, 2.05) is 0 Å². The standard InChI is InChI=1S/C16H32N2/c1-5-10-17-15-14(8-9-16(15,3)4)18-11-6-7-13(2)12-18/h13-15,17H,5-12H2,1-4H3. The molecular weight excluding hydrogens is 220 g/mol. The lowest BCUT2D eigenvalue weighted by molar-refractivity contribution is 0.0989. The third-order valence-corrected chi connectivity index (χ3v) is 5.08. The summed E-state index contributed by atoms with van der Waals surface area (Å²) in [4.78, 5) is 2.79. The highest BCUT2D eigenvalue weighted by Crippen LogP contribution is 2.40. The van der Waals surface area contributed by atoms with Crippen LogP contribution < -0.4 is 5.32 Å². The van der Waals surface area contributed by atoms with Gasteiger partial charge in [0, 0.05) is 18.6 Å². The first-order chi connectivity index (χ1) is 8.54. The first-order valence-electron chi connectivity index (χ1n) is 8.02. The Balaban J connectivity index is 2.01. The van der Waals surface area contributed by atoms with Crippen molar-refractivity contribution in [3.8, 4) is 0 Å². The van der Waals surface area contributed by atoms with Crippen LogP contribution in [0.3, 0.4) is 0 Å². The number of likely N-dealkylation sites (tertiary alicyclic amines) is 1. The maximum absolute atomic E-state index is 3.84. The molecule has 0 aromatic carbocycles. The second kappa shape index (κ2) is 5.92. The van der Waals surface area contributed by atoms with Crippen molar-refractivity contribution in [3.05, 3.63) is 0 Å². The van der Waals surface area contributed by atoms with Gasteiger partial charge in [0.25, 0.3) is 0 Å². The third-order valence-electron chi connectivity index (χ3n) is 5.08. The Kier molecular flexibility index (Phi) is 4.71. The fourth-order valence-corrected chi connectivity index (χ4v) is 4.00. The molecule has 2 aliphatic rings. The van der Waals surface area contributed by atoms with Crippen LogP contribution in [0.15, 0.2) is 0 Å². The zero-order chi connectivity index (χ0) is 13.2. The molecule has 18 heavy (non-hydrogen) atoms. The van der Waals surface area contributed by atoms with Crippen LogP contribution in [0.2, 0.25) is 0 Å². The summed E-state index contributed by atoms with van der Waals surface area (Å²) in [6.45, 7) is 13.4. The van der Waals surface area contributed by atoms with Gasteiger partial charge in [0.1, 0.15) is 0 Å². The van der Waals surface area contributed by atoms with Crippen LogP contribution in [0.5, 0.6) is 0 Å². The van der Waals surface area contributed by atoms with E-state index < -0.39 is 0 Å². The van der Waals surface area contributed by atoms with Crippen LogP contribution in [0.4, 0.5) is 0 Å². The van der Waals surface area contributed by atoms with Crippen LogP contribution in [-0.2, 0) is 0 Å². The van der Waals surface area contributed by atoms with Gasteiger partial charge < -0.3 is 5.32 Å². The lowest BCUT2D eigenvalue weighted by Gasteiger charge is -2.41. The molecule has 1 aliphatic heterocycles. The fourth-order valence-electron chi connectivity index (χ4n) is 4.00. The molecule has 0 spiro atoms. The van der Waals surface area contributed by atoms with E-state index in [-0.39, 0.29) is 0 Å². The van der Waals surface area contributed by atoms with Gasteiger partial charge in [-0.05, 0) is 56.5 Å². The van der Waals surface area contributed by atoms with Crippen LogP contribution in [0.1, 0.15) is 59.8 Å². The van der Waals surface area contributed by atoms with Gasteiger partial charge in [-0.15, -0.1) is 0 Å². The Bertz CT molecular complexity index is 262. The summed E-state index contributed by atoms with van der Waals surface area (Å²) >= 11 is 0. The summed E-state index contributed by atoms with van der Waals surface area (Å²) in [5, 5.41) is 3.84. The molecule has 1 aliphatic carbocycles. The number of nitrogens with zero attached hydrogens (tertiary/aromatic N) is 1. The lowest BCUT2D eigenvalue weighted by Crippen LogP contribution is -2.54. The average molecular weight is 252 g/mol. The van der Waals surface area contributed by atoms with Gasteiger partial charge in [0.05, 0.1) is 0 Å². The van der Waals surface area contributed by atoms with Crippen LogP contribution in [0, 0.1) is 11.3 Å². The van der Waals surface area contributed by atoms with Crippen molar-refractivity contribution in [2.24, 2.45) is 11.3 Å². The van der Waals surface area contributed by atoms with Gasteiger partial charge >= 0.3 is 0 Å². The lowest BCUT2D eigenvalue weighted by atomic mass is 9.85. The minimum Gasteiger partial charge on any atom is -0.312 e. The molecule has 0 bridgehead atoms. The molecular formula is C16H32N2. The van der Waals surface area contributed by atoms with Crippen molar-refractivity contribution in [1.82, 2.24) is 10.2 Å². The van der Waals surface area contributed by atoms with E-state index in [9.17, 15) is 0 Å². The molecule has 1 N–H and O–H groups in total. The van der Waals surface area contributed by atoms with E-state index in [0.717, 1.165) is 12.0 Å². The van der Waals surface area contributed by atoms with Crippen LogP contribution >= 0.6 is 0 Å². The molecule has 3 unspecified atom stereocenters. The van der Waals surface area contributed by atoms with E-state index in [1.165, 1.54) is 51.7 Å². The highest BCUT2D eigenvalue weighted by molar-refractivity contribution is 5.01. The first kappa shape index (κ1) is 14.3. The Hall–Kier alpha value is -0.0800. The summed E-state index contributed by atoms with van der Waals surface area (Å²) in [6.07, 6.45) is 6.85. The third kappa shape index (κ3) is 3.08. The minimum absolute atomic E-state index is 0.473. The Morgan fingerprint density at radius 1 is 1.28 bits per heavy atom. The maximum atomic E-state index is 3.84. The topological polar surface area (TPSA) is 15.3 Å². The minimum atomic E-state index is 0.473. The molecule has 2 fully saturated rings. The summed E-state index contributed by atoms with van der Waals surface area (Å²) in [5.74, 6) is 0.897. The predicted octanol–water partition coefficient (Wildman–Crippen LogP) is 3.28. The molecule has 2 nitrogen and oxygen atoms in total. The predicted molar refractivity (Wildman–Crippen MR) is 78.9 cm³/mol. The van der Waals surface area contributed by atoms with Gasteiger partial charge in [-0.1, -0.05) is 27.7 Å². The maximum Gasteiger partial charge on any atom is 0.0274 e. The van der Waals surface area contributed by atoms with Gasteiger partial charge in [-0.3, -0.25) is 4.90 Å². The van der Waals surface area contributed by atoms with E-state index in [2.05, 4.69) is 37.9 Å². The SMILES string of the molecule is CCCNC1C(N2CCCC(C)C2)CCC1(C)C. The highest BCUT2D eigenvalue weighted by atomic mass is 15.2. The number of piperidine rings is 1. The highest BCUT2D eigenvalue weighted by Gasteiger charge is 2.44. The number of nitrogens with one attached hydrogen (secondary N) is 1. The summed E-state index contributed by atoms with van der Waals surface area (Å²) in [7, 11) is 0. The van der Waals surface area contributed by atoms with Crippen molar-refractivity contribution >= 4 is 0 Å². The van der Waals surface area contributed by atoms with Crippen molar-refractivity contribution < 1.29 is 0 Å². The smallest absolute Gasteiger partial charge is 0.0274 e. The van der Waals surface area contributed by atoms with E-state index in [1.54, 1.807) is 0 Å². The molecule has 1 saturated heterocycles. The molecule has 2 rings (SSSR count). The van der Waals surface area contributed by atoms with E-state index >= 15 is 0 Å². The van der Waals surface area contributed by atoms with Crippen LogP contribution in [-0.4, -0.2) is 36.6 Å². The summed E-state index contributed by atoms with van der Waals surface area (Å²) in [5.41, 5.74) is 0.473. The first-order valence-corrected chi connectivity index (χ1v) is 8.02. The van der Waals surface area contributed by atoms with Crippen LogP contribution in [0.25, 0.3) is 0 Å². The molecule has 0 aromatic heterocycles. The Morgan fingerprint density at radius 2 is 2.06 bits per heavy atom. The molecule has 0 amide bonds. The largest absolute Gasteiger partial charge is 0.312 e. The van der Waals surface area contributed by atoms with Gasteiger partial charge in [0.15, 0.2) is 0 Å². The number of rotatable bonds is 4. The monoisotopic (exact) mass is 252 g/mol. The molecule has 0 aromatic rings. The molecule has 1 heterocycles. The van der Waals surface area contributed by atoms with Gasteiger partial charge in [-0.2, -0.15) is 0 Å². The van der Waals surface area contributed by atoms with Crippen molar-refractivity contribution in [1.29, 1.82) is 0 Å². The zero-order valence-electron chi connectivity index (χ0n) is 12.8. The molecule has 1 saturated carbocycles. The normalized spacial score (nSPS) is 37.0. The number of hydrogen-bond acceptors (Lipinski definition) is 2. The summed E-state index contributed by atoms with van der Waals surface area (Å²) in [6, 6.07) is 1.48. The Morgan fingerprint density at radius 3 is 2.72 bits per heavy atom. The van der Waals surface area contributed by atoms with Crippen molar-refractivity contribution in [3.63, 3.8) is 0 Å². The van der Waals surface area contributed by atoms with E-state index in [0.29, 0.717) is 11.5 Å². The number of hydrogen-bond donors (Lipinski definition) is 1. The Labute approximate surface area is 114 Å². The fraction of sp³-hybridized carbons (Fsp3) is 1.00. The summed E-state index contributed by atoms with van der Waals surface area (Å²) < 4.78 is 0. The van der Waals surface area contributed by atoms with Crippen molar-refractivity contribution in [2.75, 3.05) is 19.6 Å².